The number of rotatable bonds is 7. The lowest BCUT2D eigenvalue weighted by molar-refractivity contribution is -0.111. The van der Waals surface area contributed by atoms with E-state index in [4.69, 9.17) is 0 Å². The Hall–Kier alpha value is -3.66. The molecule has 0 bridgehead atoms. The molecular formula is C25H24N2O2. The number of amides is 2. The van der Waals surface area contributed by atoms with Gasteiger partial charge in [-0.05, 0) is 42.7 Å². The smallest absolute Gasteiger partial charge is 0.253 e. The number of carbonyl (C=O) groups is 2. The predicted molar refractivity (Wildman–Crippen MR) is 118 cm³/mol. The van der Waals surface area contributed by atoms with Crippen LogP contribution < -0.4 is 10.6 Å². The van der Waals surface area contributed by atoms with E-state index in [1.165, 1.54) is 11.6 Å². The molecule has 3 rings (SSSR count). The Morgan fingerprint density at radius 2 is 1.55 bits per heavy atom. The zero-order valence-electron chi connectivity index (χ0n) is 16.4. The Kier molecular flexibility index (Phi) is 6.95. The fraction of sp³-hybridized carbons (Fsp3) is 0.120. The van der Waals surface area contributed by atoms with E-state index in [2.05, 4.69) is 10.6 Å². The third-order valence-electron chi connectivity index (χ3n) is 4.48. The van der Waals surface area contributed by atoms with Crippen LogP contribution in [0.1, 0.15) is 27.0 Å². The number of hydrogen-bond acceptors (Lipinski definition) is 2. The number of aryl methyl sites for hydroxylation is 1. The Morgan fingerprint density at radius 3 is 2.31 bits per heavy atom. The van der Waals surface area contributed by atoms with Crippen LogP contribution in [0.4, 0.5) is 5.69 Å². The second-order valence-electron chi connectivity index (χ2n) is 6.77. The zero-order chi connectivity index (χ0) is 20.5. The van der Waals surface area contributed by atoms with E-state index in [-0.39, 0.29) is 11.8 Å². The van der Waals surface area contributed by atoms with Crippen LogP contribution in [0.25, 0.3) is 6.08 Å². The molecule has 0 fully saturated rings. The average Bonchev–Trinajstić information content (AvgIpc) is 2.74. The Labute approximate surface area is 171 Å². The number of nitrogens with one attached hydrogen (secondary N) is 2. The van der Waals surface area contributed by atoms with Crippen LogP contribution in [0.3, 0.4) is 0 Å². The summed E-state index contributed by atoms with van der Waals surface area (Å²) >= 11 is 0. The summed E-state index contributed by atoms with van der Waals surface area (Å²) in [6, 6.07) is 24.9. The van der Waals surface area contributed by atoms with Crippen LogP contribution in [0.15, 0.2) is 84.9 Å². The maximum atomic E-state index is 12.6. The van der Waals surface area contributed by atoms with E-state index in [1.54, 1.807) is 30.3 Å². The van der Waals surface area contributed by atoms with Crippen LogP contribution >= 0.6 is 0 Å². The summed E-state index contributed by atoms with van der Waals surface area (Å²) in [4.78, 5) is 24.9. The molecule has 0 aliphatic rings. The first kappa shape index (κ1) is 20.1. The highest BCUT2D eigenvalue weighted by Gasteiger charge is 2.11. The minimum absolute atomic E-state index is 0.209. The van der Waals surface area contributed by atoms with E-state index in [1.807, 2.05) is 61.5 Å². The van der Waals surface area contributed by atoms with Crippen molar-refractivity contribution in [2.24, 2.45) is 0 Å². The molecule has 146 valence electrons. The Morgan fingerprint density at radius 1 is 0.862 bits per heavy atom. The van der Waals surface area contributed by atoms with Crippen LogP contribution in [-0.2, 0) is 11.2 Å². The first-order valence-electron chi connectivity index (χ1n) is 9.59. The molecule has 4 heteroatoms. The van der Waals surface area contributed by atoms with Gasteiger partial charge in [0.05, 0.1) is 11.3 Å². The quantitative estimate of drug-likeness (QED) is 0.584. The maximum absolute atomic E-state index is 12.6. The molecule has 29 heavy (non-hydrogen) atoms. The molecule has 0 aromatic heterocycles. The summed E-state index contributed by atoms with van der Waals surface area (Å²) < 4.78 is 0. The van der Waals surface area contributed by atoms with Crippen LogP contribution in [0.2, 0.25) is 0 Å². The van der Waals surface area contributed by atoms with E-state index in [9.17, 15) is 9.59 Å². The SMILES string of the molecule is Cc1ccc(/C=C/C(=O)Nc2ccccc2C(=O)NCCc2ccccc2)cc1. The van der Waals surface area contributed by atoms with Gasteiger partial charge in [0.2, 0.25) is 5.91 Å². The summed E-state index contributed by atoms with van der Waals surface area (Å²) in [5, 5.41) is 5.71. The molecule has 3 aromatic carbocycles. The van der Waals surface area contributed by atoms with Crippen molar-refractivity contribution in [2.45, 2.75) is 13.3 Å². The van der Waals surface area contributed by atoms with Crippen molar-refractivity contribution >= 4 is 23.6 Å². The number of anilines is 1. The predicted octanol–water partition coefficient (Wildman–Crippen LogP) is 4.62. The van der Waals surface area contributed by atoms with Crippen molar-refractivity contribution in [3.63, 3.8) is 0 Å². The molecule has 0 spiro atoms. The van der Waals surface area contributed by atoms with Crippen molar-refractivity contribution in [1.29, 1.82) is 0 Å². The second-order valence-corrected chi connectivity index (χ2v) is 6.77. The monoisotopic (exact) mass is 384 g/mol. The molecule has 0 saturated carbocycles. The highest BCUT2D eigenvalue weighted by molar-refractivity contribution is 6.07. The van der Waals surface area contributed by atoms with Crippen molar-refractivity contribution in [3.05, 3.63) is 107 Å². The van der Waals surface area contributed by atoms with Crippen molar-refractivity contribution in [1.82, 2.24) is 5.32 Å². The number of benzene rings is 3. The minimum Gasteiger partial charge on any atom is -0.352 e. The number of carbonyl (C=O) groups excluding carboxylic acids is 2. The zero-order valence-corrected chi connectivity index (χ0v) is 16.4. The third kappa shape index (κ3) is 6.18. The fourth-order valence-corrected chi connectivity index (χ4v) is 2.87. The summed E-state index contributed by atoms with van der Waals surface area (Å²) in [5.41, 5.74) is 4.20. The summed E-state index contributed by atoms with van der Waals surface area (Å²) in [5.74, 6) is -0.491. The number of hydrogen-bond donors (Lipinski definition) is 2. The van der Waals surface area contributed by atoms with Gasteiger partial charge in [-0.25, -0.2) is 0 Å². The van der Waals surface area contributed by atoms with E-state index < -0.39 is 0 Å². The van der Waals surface area contributed by atoms with Gasteiger partial charge in [0.15, 0.2) is 0 Å². The number of para-hydroxylation sites is 1. The van der Waals surface area contributed by atoms with E-state index in [0.29, 0.717) is 17.8 Å². The summed E-state index contributed by atoms with van der Waals surface area (Å²) in [6.07, 6.45) is 3.96. The third-order valence-corrected chi connectivity index (χ3v) is 4.48. The highest BCUT2D eigenvalue weighted by atomic mass is 16.2. The largest absolute Gasteiger partial charge is 0.352 e. The van der Waals surface area contributed by atoms with Gasteiger partial charge in [-0.2, -0.15) is 0 Å². The van der Waals surface area contributed by atoms with Gasteiger partial charge in [0.1, 0.15) is 0 Å². The van der Waals surface area contributed by atoms with Crippen molar-refractivity contribution in [2.75, 3.05) is 11.9 Å². The van der Waals surface area contributed by atoms with Crippen molar-refractivity contribution in [3.8, 4) is 0 Å². The molecule has 0 unspecified atom stereocenters. The second kappa shape index (κ2) is 10.0. The van der Waals surface area contributed by atoms with Crippen molar-refractivity contribution < 1.29 is 9.59 Å². The average molecular weight is 384 g/mol. The lowest BCUT2D eigenvalue weighted by atomic mass is 10.1. The maximum Gasteiger partial charge on any atom is 0.253 e. The van der Waals surface area contributed by atoms with Gasteiger partial charge in [-0.3, -0.25) is 9.59 Å². The summed E-state index contributed by atoms with van der Waals surface area (Å²) in [7, 11) is 0. The standard InChI is InChI=1S/C25H24N2O2/c1-19-11-13-21(14-12-19)15-16-24(28)27-23-10-6-5-9-22(23)25(29)26-18-17-20-7-3-2-4-8-20/h2-16H,17-18H2,1H3,(H,26,29)(H,27,28)/b16-15+. The molecule has 0 radical (unpaired) electrons. The molecule has 0 atom stereocenters. The molecular weight excluding hydrogens is 360 g/mol. The molecule has 2 N–H and O–H groups in total. The lowest BCUT2D eigenvalue weighted by Crippen LogP contribution is -2.27. The molecule has 0 saturated heterocycles. The van der Waals surface area contributed by atoms with Gasteiger partial charge < -0.3 is 10.6 Å². The van der Waals surface area contributed by atoms with Gasteiger partial charge in [-0.15, -0.1) is 0 Å². The van der Waals surface area contributed by atoms with Gasteiger partial charge >= 0.3 is 0 Å². The normalized spacial score (nSPS) is 10.7. The van der Waals surface area contributed by atoms with E-state index in [0.717, 1.165) is 17.5 Å². The first-order valence-corrected chi connectivity index (χ1v) is 9.59. The molecule has 0 aliphatic heterocycles. The Bertz CT molecular complexity index is 993. The first-order chi connectivity index (χ1) is 14.1. The fourth-order valence-electron chi connectivity index (χ4n) is 2.87. The topological polar surface area (TPSA) is 58.2 Å². The molecule has 2 amide bonds. The lowest BCUT2D eigenvalue weighted by Gasteiger charge is -2.10. The Balaban J connectivity index is 1.59. The highest BCUT2D eigenvalue weighted by Crippen LogP contribution is 2.15. The van der Waals surface area contributed by atoms with Gasteiger partial charge in [-0.1, -0.05) is 72.3 Å². The minimum atomic E-state index is -0.282. The molecule has 4 nitrogen and oxygen atoms in total. The van der Waals surface area contributed by atoms with Crippen LogP contribution in [0, 0.1) is 6.92 Å². The van der Waals surface area contributed by atoms with Gasteiger partial charge in [0.25, 0.3) is 5.91 Å². The molecule has 0 heterocycles. The van der Waals surface area contributed by atoms with Crippen LogP contribution in [-0.4, -0.2) is 18.4 Å². The van der Waals surface area contributed by atoms with E-state index >= 15 is 0 Å². The van der Waals surface area contributed by atoms with Gasteiger partial charge in [0, 0.05) is 12.6 Å². The molecule has 0 aliphatic carbocycles. The van der Waals surface area contributed by atoms with Crippen LogP contribution in [0.5, 0.6) is 0 Å². The molecule has 3 aromatic rings. The summed E-state index contributed by atoms with van der Waals surface area (Å²) in [6.45, 7) is 2.54.